The summed E-state index contributed by atoms with van der Waals surface area (Å²) in [6, 6.07) is 6.55. The van der Waals surface area contributed by atoms with Gasteiger partial charge in [0.25, 0.3) is 0 Å². The number of hydrogen-bond donors (Lipinski definition) is 6. The second kappa shape index (κ2) is 26.2. The lowest BCUT2D eigenvalue weighted by molar-refractivity contribution is 0.252. The molecule has 3 aromatic carbocycles. The number of nitrogens with two attached hydrogens (primary N) is 1. The van der Waals surface area contributed by atoms with Gasteiger partial charge in [0.2, 0.25) is 0 Å². The number of likely N-dealkylation sites (N-methyl/N-ethyl adjacent to an activating group) is 6. The van der Waals surface area contributed by atoms with Crippen molar-refractivity contribution in [1.82, 2.24) is 38.1 Å². The Balaban J connectivity index is 0.000000150. The number of carbonyl (C=O) groups excluding carboxylic acids is 2. The minimum absolute atomic E-state index is 0. The van der Waals surface area contributed by atoms with E-state index >= 15 is 0 Å². The Morgan fingerprint density at radius 3 is 1.52 bits per heavy atom. The lowest BCUT2D eigenvalue weighted by Gasteiger charge is -2.25. The van der Waals surface area contributed by atoms with Crippen LogP contribution in [0, 0.1) is 0 Å². The topological polar surface area (TPSA) is 205 Å². The van der Waals surface area contributed by atoms with Crippen LogP contribution in [0.1, 0.15) is 132 Å². The molecule has 12 rings (SSSR count). The smallest absolute Gasteiger partial charge is 0.333 e. The highest BCUT2D eigenvalue weighted by molar-refractivity contribution is 7.88. The van der Waals surface area contributed by atoms with Crippen LogP contribution in [0.15, 0.2) is 36.4 Å². The maximum atomic E-state index is 12.6. The highest BCUT2D eigenvalue weighted by Crippen LogP contribution is 2.40. The van der Waals surface area contributed by atoms with Crippen molar-refractivity contribution in [3.8, 4) is 0 Å². The molecule has 3 atom stereocenters. The summed E-state index contributed by atoms with van der Waals surface area (Å²) in [7, 11) is 3.48. The number of benzene rings is 3. The van der Waals surface area contributed by atoms with Gasteiger partial charge in [0.15, 0.2) is 0 Å². The van der Waals surface area contributed by atoms with Crippen LogP contribution in [0.3, 0.4) is 0 Å². The summed E-state index contributed by atoms with van der Waals surface area (Å²) in [4.78, 5) is 31.9. The normalized spacial score (nSPS) is 21.2. The van der Waals surface area contributed by atoms with Gasteiger partial charge in [-0.25, -0.2) is 19.0 Å². The number of amides is 4. The fourth-order valence-electron chi connectivity index (χ4n) is 13.1. The molecule has 3 aliphatic heterocycles. The third-order valence-corrected chi connectivity index (χ3v) is 20.5. The average Bonchev–Trinajstić information content (AvgIpc) is 4.28. The van der Waals surface area contributed by atoms with Gasteiger partial charge >= 0.3 is 32.5 Å². The van der Waals surface area contributed by atoms with Crippen LogP contribution in [-0.2, 0) is 78.2 Å². The molecule has 19 heteroatoms. The van der Waals surface area contributed by atoms with Crippen LogP contribution in [-0.4, -0.2) is 152 Å². The highest BCUT2D eigenvalue weighted by atomic mass is 32.2. The Bertz CT molecular complexity index is 3040. The monoisotopic (exact) mass is 1120 g/mol. The summed E-state index contributed by atoms with van der Waals surface area (Å²) in [5, 5.41) is 8.89. The van der Waals surface area contributed by atoms with Gasteiger partial charge < -0.3 is 36.4 Å². The third kappa shape index (κ3) is 14.0. The van der Waals surface area contributed by atoms with E-state index in [9.17, 15) is 26.4 Å². The molecule has 79 heavy (non-hydrogen) atoms. The van der Waals surface area contributed by atoms with Crippen molar-refractivity contribution >= 4 is 67.8 Å². The molecule has 3 aromatic rings. The van der Waals surface area contributed by atoms with Crippen molar-refractivity contribution in [1.29, 1.82) is 0 Å². The first-order valence-electron chi connectivity index (χ1n) is 28.5. The number of anilines is 3. The van der Waals surface area contributed by atoms with E-state index in [1.807, 2.05) is 27.2 Å². The van der Waals surface area contributed by atoms with Crippen molar-refractivity contribution in [2.45, 2.75) is 141 Å². The zero-order valence-electron chi connectivity index (χ0n) is 47.0. The van der Waals surface area contributed by atoms with E-state index in [1.54, 1.807) is 0 Å². The molecule has 0 saturated carbocycles. The first kappa shape index (κ1) is 60.0. The van der Waals surface area contributed by atoms with Gasteiger partial charge in [0, 0.05) is 68.8 Å². The predicted octanol–water partition coefficient (Wildman–Crippen LogP) is 7.54. The van der Waals surface area contributed by atoms with Gasteiger partial charge in [-0.1, -0.05) is 62.1 Å². The van der Waals surface area contributed by atoms with Crippen molar-refractivity contribution in [3.63, 3.8) is 0 Å². The quantitative estimate of drug-likeness (QED) is 0.0979. The van der Waals surface area contributed by atoms with E-state index in [1.165, 1.54) is 100 Å². The number of hydrogen-bond acceptors (Lipinski definition) is 11. The molecular formula is C60H89N11O6S2. The molecule has 0 bridgehead atoms. The van der Waals surface area contributed by atoms with E-state index in [0.29, 0.717) is 13.1 Å². The van der Waals surface area contributed by atoms with Crippen LogP contribution in [0.2, 0.25) is 0 Å². The molecule has 17 nitrogen and oxygen atoms in total. The van der Waals surface area contributed by atoms with Crippen LogP contribution in [0.25, 0.3) is 18.2 Å². The predicted molar refractivity (Wildman–Crippen MR) is 323 cm³/mol. The Labute approximate surface area is 472 Å². The first-order valence-corrected chi connectivity index (χ1v) is 31.4. The summed E-state index contributed by atoms with van der Waals surface area (Å²) in [6.45, 7) is 5.13. The fraction of sp³-hybridized carbons (Fsp3) is 0.567. The molecule has 0 spiro atoms. The van der Waals surface area contributed by atoms with Crippen molar-refractivity contribution < 1.29 is 26.4 Å². The van der Waals surface area contributed by atoms with Crippen molar-refractivity contribution in [2.24, 2.45) is 0 Å². The Kier molecular flexibility index (Phi) is 19.9. The van der Waals surface area contributed by atoms with Gasteiger partial charge in [-0.2, -0.15) is 25.4 Å². The highest BCUT2D eigenvalue weighted by Gasteiger charge is 2.32. The molecular weight excluding hydrogens is 1030 g/mol. The number of nitrogens with zero attached hydrogens (tertiary/aromatic N) is 5. The number of fused-ring (bicyclic) bond motifs is 6. The zero-order valence-corrected chi connectivity index (χ0v) is 48.6. The molecule has 0 aromatic heterocycles. The molecule has 3 saturated heterocycles. The van der Waals surface area contributed by atoms with Crippen LogP contribution in [0.5, 0.6) is 0 Å². The summed E-state index contributed by atoms with van der Waals surface area (Å²) >= 11 is 0. The minimum atomic E-state index is -3.89. The standard InChI is InChI=1S/2C20H28N4O3S.C12H13N.C7H16N2.CH4/c2*1-23-11-5-8-16(23)13-24(2)28(26,27)22-20(25)21-19-17-9-3-6-14(17)12-15-7-4-10-18(15)19;13-12-10-5-1-3-8(10)7-9-4-2-6-11(9)12;1-8-6-7-4-3-5-9(7)2;/h3,9,12,16H,4-8,10-11,13H2,1-2H3,(H2,21,22,25);3,6,12,16H,4-5,7-11,13H2,1-2H3,(H2,21,22,25);1,3,7H,2,4-6,13H2;7-8H,3-6H2,1-2H3;1H4/t2*16-;;7-;/m11.1./s1. The van der Waals surface area contributed by atoms with Gasteiger partial charge in [-0.3, -0.25) is 0 Å². The third-order valence-electron chi connectivity index (χ3n) is 17.6. The Morgan fingerprint density at radius 1 is 0.557 bits per heavy atom. The van der Waals surface area contributed by atoms with E-state index in [0.717, 1.165) is 154 Å². The number of rotatable bonds is 12. The summed E-state index contributed by atoms with van der Waals surface area (Å²) in [6.07, 6.45) is 31.8. The second-order valence-electron chi connectivity index (χ2n) is 22.9. The molecule has 9 aliphatic rings. The Morgan fingerprint density at radius 2 is 1.00 bits per heavy atom. The lowest BCUT2D eigenvalue weighted by atomic mass is 9.98. The molecule has 4 amide bonds. The number of aryl methyl sites for hydroxylation is 3. The number of carbonyl (C=O) groups is 2. The largest absolute Gasteiger partial charge is 0.398 e. The number of nitrogens with one attached hydrogen (secondary N) is 5. The molecule has 432 valence electrons. The van der Waals surface area contributed by atoms with E-state index in [2.05, 4.69) is 95.7 Å². The fourth-order valence-corrected chi connectivity index (χ4v) is 14.8. The van der Waals surface area contributed by atoms with E-state index < -0.39 is 32.5 Å². The molecule has 0 radical (unpaired) electrons. The zero-order chi connectivity index (χ0) is 55.3. The average molecular weight is 1120 g/mol. The number of likely N-dealkylation sites (tertiary alicyclic amines) is 3. The SMILES string of the molecule is C.CN1CCC[C@@H]1CN(C)S(=O)(=O)NC(=O)Nc1c2c(cc3c1CCC3)C=CC2.CN1CCC[C@@H]1CN(C)S(=O)(=O)NC(=O)Nc1c2c(cc3c1CCC3)CC=C2.CNC[C@H]1CCCN1C.Nc1c2c(cc3c1CCC3)C=CC2. The lowest BCUT2D eigenvalue weighted by Crippen LogP contribution is -2.47. The van der Waals surface area contributed by atoms with Crippen molar-refractivity contribution in [2.75, 3.05) is 97.9 Å². The van der Waals surface area contributed by atoms with Crippen LogP contribution in [0.4, 0.5) is 26.7 Å². The minimum Gasteiger partial charge on any atom is -0.398 e. The Hall–Kier alpha value is -5.12. The number of nitrogen functional groups attached to an aromatic ring is 1. The van der Waals surface area contributed by atoms with Gasteiger partial charge in [-0.15, -0.1) is 0 Å². The maximum absolute atomic E-state index is 12.6. The van der Waals surface area contributed by atoms with Gasteiger partial charge in [-0.05, 0) is 225 Å². The number of allylic oxidation sites excluding steroid dienone is 3. The van der Waals surface area contributed by atoms with E-state index in [-0.39, 0.29) is 19.5 Å². The first-order chi connectivity index (χ1) is 37.4. The summed E-state index contributed by atoms with van der Waals surface area (Å²) in [5.41, 5.74) is 23.6. The molecule has 3 heterocycles. The molecule has 3 fully saturated rings. The number of urea groups is 2. The van der Waals surface area contributed by atoms with Gasteiger partial charge in [0.1, 0.15) is 0 Å². The second-order valence-corrected chi connectivity index (χ2v) is 26.4. The van der Waals surface area contributed by atoms with Crippen LogP contribution >= 0.6 is 0 Å². The van der Waals surface area contributed by atoms with Crippen LogP contribution < -0.4 is 31.1 Å². The summed E-state index contributed by atoms with van der Waals surface area (Å²) < 4.78 is 57.3. The maximum Gasteiger partial charge on any atom is 0.333 e. The summed E-state index contributed by atoms with van der Waals surface area (Å²) in [5.74, 6) is 0. The molecule has 7 N–H and O–H groups in total. The molecule has 6 aliphatic carbocycles. The molecule has 0 unspecified atom stereocenters. The van der Waals surface area contributed by atoms with Gasteiger partial charge in [0.05, 0.1) is 5.69 Å². The van der Waals surface area contributed by atoms with E-state index in [4.69, 9.17) is 5.73 Å². The van der Waals surface area contributed by atoms with Crippen molar-refractivity contribution in [3.05, 3.63) is 103 Å².